The Kier molecular flexibility index (Phi) is 7.02. The Labute approximate surface area is 225 Å². The Balaban J connectivity index is 1.61. The van der Waals surface area contributed by atoms with Gasteiger partial charge in [-0.2, -0.15) is 0 Å². The van der Waals surface area contributed by atoms with Gasteiger partial charge >= 0.3 is 0 Å². The Morgan fingerprint density at radius 2 is 1.57 bits per heavy atom. The van der Waals surface area contributed by atoms with Gasteiger partial charge in [-0.1, -0.05) is 23.8 Å². The topological polar surface area (TPSA) is 36.3 Å². The predicted octanol–water partition coefficient (Wildman–Crippen LogP) is 6.82. The maximum Gasteiger partial charge on any atom is 0.174 e. The minimum atomic E-state index is -0.0611. The van der Waals surface area contributed by atoms with Gasteiger partial charge in [-0.3, -0.25) is 4.98 Å². The standard InChI is InChI=1S/C31H35N5S/c1-6-34(7-2)24-15-17-25(18-16-24)35-22(4)20-27(23(35)5)30-29(28-10-8-9-19-32-28)33-31(37)36(30)26-13-11-21(3)12-14-26/h8-20,29-30H,6-7H2,1-5H3,(H,33,37). The minimum absolute atomic E-state index is 0.0278. The van der Waals surface area contributed by atoms with Gasteiger partial charge in [0.25, 0.3) is 0 Å². The SMILES string of the molecule is CCN(CC)c1ccc(-n2c(C)cc(C3C(c4ccccn4)NC(=S)N3c3ccc(C)cc3)c2C)cc1. The van der Waals surface area contributed by atoms with Crippen molar-refractivity contribution in [1.29, 1.82) is 0 Å². The lowest BCUT2D eigenvalue weighted by molar-refractivity contribution is 0.565. The van der Waals surface area contributed by atoms with Gasteiger partial charge < -0.3 is 19.7 Å². The number of thiocarbonyl (C=S) groups is 1. The van der Waals surface area contributed by atoms with E-state index in [4.69, 9.17) is 17.2 Å². The molecule has 2 aromatic heterocycles. The Bertz CT molecular complexity index is 1370. The molecule has 1 aliphatic heterocycles. The summed E-state index contributed by atoms with van der Waals surface area (Å²) in [6.45, 7) is 12.9. The molecule has 6 heteroatoms. The minimum Gasteiger partial charge on any atom is -0.372 e. The lowest BCUT2D eigenvalue weighted by Crippen LogP contribution is -2.29. The van der Waals surface area contributed by atoms with Gasteiger partial charge in [0, 0.05) is 47.7 Å². The van der Waals surface area contributed by atoms with E-state index in [0.717, 1.165) is 29.6 Å². The molecule has 190 valence electrons. The van der Waals surface area contributed by atoms with Crippen molar-refractivity contribution in [1.82, 2.24) is 14.9 Å². The zero-order valence-electron chi connectivity index (χ0n) is 22.3. The first kappa shape index (κ1) is 25.0. The van der Waals surface area contributed by atoms with Crippen molar-refractivity contribution in [3.8, 4) is 5.69 Å². The average Bonchev–Trinajstić information content (AvgIpc) is 3.41. The van der Waals surface area contributed by atoms with E-state index in [1.807, 2.05) is 18.3 Å². The summed E-state index contributed by atoms with van der Waals surface area (Å²) in [6.07, 6.45) is 1.85. The maximum atomic E-state index is 5.92. The van der Waals surface area contributed by atoms with Crippen LogP contribution in [0.3, 0.4) is 0 Å². The smallest absolute Gasteiger partial charge is 0.174 e. The second kappa shape index (κ2) is 10.4. The molecule has 0 amide bonds. The molecule has 2 unspecified atom stereocenters. The third-order valence-corrected chi connectivity index (χ3v) is 7.75. The molecular formula is C31H35N5S. The first-order valence-electron chi connectivity index (χ1n) is 13.0. The molecule has 1 saturated heterocycles. The number of rotatable bonds is 7. The monoisotopic (exact) mass is 509 g/mol. The highest BCUT2D eigenvalue weighted by molar-refractivity contribution is 7.80. The van der Waals surface area contributed by atoms with Gasteiger partial charge in [0.1, 0.15) is 0 Å². The van der Waals surface area contributed by atoms with Crippen molar-refractivity contribution in [3.63, 3.8) is 0 Å². The van der Waals surface area contributed by atoms with E-state index in [1.165, 1.54) is 33.9 Å². The molecule has 0 spiro atoms. The van der Waals surface area contributed by atoms with Crippen molar-refractivity contribution < 1.29 is 0 Å². The zero-order chi connectivity index (χ0) is 26.1. The summed E-state index contributed by atoms with van der Waals surface area (Å²) in [5, 5.41) is 4.31. The van der Waals surface area contributed by atoms with Crippen LogP contribution in [0.1, 0.15) is 54.1 Å². The molecule has 1 N–H and O–H groups in total. The highest BCUT2D eigenvalue weighted by Crippen LogP contribution is 2.43. The maximum absolute atomic E-state index is 5.92. The highest BCUT2D eigenvalue weighted by Gasteiger charge is 2.42. The first-order chi connectivity index (χ1) is 17.9. The second-order valence-corrected chi connectivity index (χ2v) is 10.1. The molecule has 4 aromatic rings. The zero-order valence-corrected chi connectivity index (χ0v) is 23.1. The van der Waals surface area contributed by atoms with Crippen molar-refractivity contribution in [2.75, 3.05) is 22.9 Å². The lowest BCUT2D eigenvalue weighted by Gasteiger charge is -2.28. The summed E-state index contributed by atoms with van der Waals surface area (Å²) in [5.41, 5.74) is 9.37. The van der Waals surface area contributed by atoms with Crippen LogP contribution < -0.4 is 15.1 Å². The van der Waals surface area contributed by atoms with Crippen molar-refractivity contribution >= 4 is 28.7 Å². The number of hydrogen-bond donors (Lipinski definition) is 1. The number of hydrogen-bond acceptors (Lipinski definition) is 3. The summed E-state index contributed by atoms with van der Waals surface area (Å²) in [7, 11) is 0. The molecule has 0 bridgehead atoms. The Morgan fingerprint density at radius 3 is 2.19 bits per heavy atom. The fourth-order valence-corrected chi connectivity index (χ4v) is 5.89. The summed E-state index contributed by atoms with van der Waals surface area (Å²) in [6, 6.07) is 25.8. The van der Waals surface area contributed by atoms with Crippen molar-refractivity contribution in [2.45, 2.75) is 46.7 Å². The van der Waals surface area contributed by atoms with Crippen LogP contribution in [0.25, 0.3) is 5.69 Å². The average molecular weight is 510 g/mol. The normalized spacial score (nSPS) is 17.2. The van der Waals surface area contributed by atoms with Gasteiger partial charge in [0.15, 0.2) is 5.11 Å². The van der Waals surface area contributed by atoms with Crippen LogP contribution in [-0.4, -0.2) is 27.8 Å². The molecule has 2 aromatic carbocycles. The van der Waals surface area contributed by atoms with Gasteiger partial charge in [-0.15, -0.1) is 0 Å². The molecule has 0 saturated carbocycles. The number of nitrogens with one attached hydrogen (secondary N) is 1. The van der Waals surface area contributed by atoms with Crippen LogP contribution >= 0.6 is 12.2 Å². The molecule has 37 heavy (non-hydrogen) atoms. The third kappa shape index (κ3) is 4.62. The molecule has 1 fully saturated rings. The third-order valence-electron chi connectivity index (χ3n) is 7.44. The van der Waals surface area contributed by atoms with Gasteiger partial charge in [-0.05, 0) is 107 Å². The van der Waals surface area contributed by atoms with E-state index in [1.54, 1.807) is 0 Å². The number of nitrogens with zero attached hydrogens (tertiary/aromatic N) is 4. The molecule has 5 rings (SSSR count). The van der Waals surface area contributed by atoms with E-state index < -0.39 is 0 Å². The molecule has 0 aliphatic carbocycles. The molecule has 3 heterocycles. The van der Waals surface area contributed by atoms with E-state index in [-0.39, 0.29) is 12.1 Å². The van der Waals surface area contributed by atoms with Crippen molar-refractivity contribution in [2.24, 2.45) is 0 Å². The van der Waals surface area contributed by atoms with E-state index >= 15 is 0 Å². The van der Waals surface area contributed by atoms with E-state index in [0.29, 0.717) is 0 Å². The van der Waals surface area contributed by atoms with E-state index in [9.17, 15) is 0 Å². The fraction of sp³-hybridized carbons (Fsp3) is 0.290. The Morgan fingerprint density at radius 1 is 0.892 bits per heavy atom. The van der Waals surface area contributed by atoms with E-state index in [2.05, 4.69) is 115 Å². The molecule has 2 atom stereocenters. The Hall–Kier alpha value is -3.64. The van der Waals surface area contributed by atoms with Crippen LogP contribution in [0.4, 0.5) is 11.4 Å². The summed E-state index contributed by atoms with van der Waals surface area (Å²) >= 11 is 5.92. The summed E-state index contributed by atoms with van der Waals surface area (Å²) < 4.78 is 2.35. The summed E-state index contributed by atoms with van der Waals surface area (Å²) in [5.74, 6) is 0. The highest BCUT2D eigenvalue weighted by atomic mass is 32.1. The number of anilines is 2. The van der Waals surface area contributed by atoms with Crippen LogP contribution in [0.5, 0.6) is 0 Å². The van der Waals surface area contributed by atoms with Crippen LogP contribution in [0.2, 0.25) is 0 Å². The van der Waals surface area contributed by atoms with Gasteiger partial charge in [0.2, 0.25) is 0 Å². The molecule has 0 radical (unpaired) electrons. The fourth-order valence-electron chi connectivity index (χ4n) is 5.54. The van der Waals surface area contributed by atoms with Gasteiger partial charge in [0.05, 0.1) is 17.8 Å². The molecular weight excluding hydrogens is 474 g/mol. The van der Waals surface area contributed by atoms with Gasteiger partial charge in [-0.25, -0.2) is 0 Å². The molecule has 5 nitrogen and oxygen atoms in total. The number of aromatic nitrogens is 2. The quantitative estimate of drug-likeness (QED) is 0.277. The number of benzene rings is 2. The number of aryl methyl sites for hydroxylation is 2. The molecule has 1 aliphatic rings. The van der Waals surface area contributed by atoms with Crippen LogP contribution in [-0.2, 0) is 0 Å². The van der Waals surface area contributed by atoms with Crippen molar-refractivity contribution in [3.05, 3.63) is 107 Å². The summed E-state index contributed by atoms with van der Waals surface area (Å²) in [4.78, 5) is 9.33. The predicted molar refractivity (Wildman–Crippen MR) is 158 cm³/mol. The van der Waals surface area contributed by atoms with Crippen LogP contribution in [0.15, 0.2) is 79.0 Å². The largest absolute Gasteiger partial charge is 0.372 e. The first-order valence-corrected chi connectivity index (χ1v) is 13.4. The lowest BCUT2D eigenvalue weighted by atomic mass is 9.96. The van der Waals surface area contributed by atoms with Crippen LogP contribution in [0, 0.1) is 20.8 Å². The second-order valence-electron chi connectivity index (χ2n) is 9.68. The number of pyridine rings is 1.